The van der Waals surface area contributed by atoms with Crippen LogP contribution >= 0.6 is 15.9 Å². The van der Waals surface area contributed by atoms with Crippen molar-refractivity contribution in [2.24, 2.45) is 0 Å². The zero-order valence-corrected chi connectivity index (χ0v) is 16.6. The number of hydrogen-bond donors (Lipinski definition) is 1. The average molecular weight is 433 g/mol. The van der Waals surface area contributed by atoms with Gasteiger partial charge in [0.2, 0.25) is 0 Å². The number of rotatable bonds is 5. The number of methoxy groups -OCH3 is 1. The monoisotopic (exact) mass is 432 g/mol. The zero-order valence-electron chi connectivity index (χ0n) is 14.2. The molecule has 0 aliphatic heterocycles. The number of ether oxygens (including phenoxy) is 1. The van der Waals surface area contributed by atoms with Crippen molar-refractivity contribution in [2.45, 2.75) is 11.8 Å². The van der Waals surface area contributed by atoms with Gasteiger partial charge in [0.1, 0.15) is 10.6 Å². The van der Waals surface area contributed by atoms with Gasteiger partial charge in [0.15, 0.2) is 0 Å². The fourth-order valence-corrected chi connectivity index (χ4v) is 4.35. The Labute approximate surface area is 161 Å². The first kappa shape index (κ1) is 18.4. The van der Waals surface area contributed by atoms with Gasteiger partial charge in [0.05, 0.1) is 19.0 Å². The molecule has 134 valence electrons. The van der Waals surface area contributed by atoms with Crippen molar-refractivity contribution in [3.05, 3.63) is 71.0 Å². The Morgan fingerprint density at radius 2 is 1.85 bits per heavy atom. The Balaban J connectivity index is 1.98. The largest absolute Gasteiger partial charge is 0.495 e. The lowest BCUT2D eigenvalue weighted by Gasteiger charge is -2.13. The lowest BCUT2D eigenvalue weighted by Crippen LogP contribution is -2.14. The zero-order chi connectivity index (χ0) is 18.7. The number of anilines is 1. The van der Waals surface area contributed by atoms with Gasteiger partial charge >= 0.3 is 0 Å². The van der Waals surface area contributed by atoms with Crippen LogP contribution in [0.4, 0.5) is 5.69 Å². The van der Waals surface area contributed by atoms with E-state index in [2.05, 4.69) is 25.6 Å². The van der Waals surface area contributed by atoms with Gasteiger partial charge in [-0.1, -0.05) is 40.2 Å². The average Bonchev–Trinajstić information content (AvgIpc) is 2.62. The highest BCUT2D eigenvalue weighted by atomic mass is 79.9. The van der Waals surface area contributed by atoms with Crippen LogP contribution in [-0.2, 0) is 10.0 Å². The molecule has 0 bridgehead atoms. The maximum Gasteiger partial charge on any atom is 0.265 e. The van der Waals surface area contributed by atoms with E-state index in [-0.39, 0.29) is 10.6 Å². The molecule has 0 saturated carbocycles. The molecule has 0 unspecified atom stereocenters. The molecule has 3 aromatic rings. The van der Waals surface area contributed by atoms with Gasteiger partial charge in [-0.2, -0.15) is 0 Å². The molecule has 3 rings (SSSR count). The van der Waals surface area contributed by atoms with Crippen LogP contribution in [0.1, 0.15) is 5.56 Å². The van der Waals surface area contributed by atoms with E-state index in [1.54, 1.807) is 24.4 Å². The van der Waals surface area contributed by atoms with E-state index in [9.17, 15) is 8.42 Å². The van der Waals surface area contributed by atoms with E-state index in [1.807, 2.05) is 31.2 Å². The van der Waals surface area contributed by atoms with Crippen LogP contribution in [0, 0.1) is 6.92 Å². The van der Waals surface area contributed by atoms with E-state index in [1.165, 1.54) is 19.4 Å². The molecular formula is C19H17BrN2O3S. The summed E-state index contributed by atoms with van der Waals surface area (Å²) in [6.45, 7) is 2.00. The molecule has 1 N–H and O–H groups in total. The lowest BCUT2D eigenvalue weighted by molar-refractivity contribution is 0.403. The van der Waals surface area contributed by atoms with E-state index in [4.69, 9.17) is 4.74 Å². The number of pyridine rings is 1. The normalized spacial score (nSPS) is 11.2. The maximum atomic E-state index is 12.8. The number of benzene rings is 2. The minimum absolute atomic E-state index is 0.0515. The third-order valence-corrected chi connectivity index (χ3v) is 5.76. The third kappa shape index (κ3) is 3.89. The molecule has 26 heavy (non-hydrogen) atoms. The molecule has 0 fully saturated rings. The van der Waals surface area contributed by atoms with Crippen LogP contribution in [0.3, 0.4) is 0 Å². The quantitative estimate of drug-likeness (QED) is 0.637. The molecule has 0 radical (unpaired) electrons. The van der Waals surface area contributed by atoms with Gasteiger partial charge in [0.25, 0.3) is 10.0 Å². The topological polar surface area (TPSA) is 68.3 Å². The summed E-state index contributed by atoms with van der Waals surface area (Å²) in [5.74, 6) is 0.267. The summed E-state index contributed by atoms with van der Waals surface area (Å²) in [5.41, 5.74) is 3.31. The summed E-state index contributed by atoms with van der Waals surface area (Å²) in [6.07, 6.45) is 3.18. The summed E-state index contributed by atoms with van der Waals surface area (Å²) in [6, 6.07) is 14.4. The van der Waals surface area contributed by atoms with Crippen molar-refractivity contribution in [2.75, 3.05) is 11.8 Å². The first-order valence-corrected chi connectivity index (χ1v) is 10.1. The summed E-state index contributed by atoms with van der Waals surface area (Å²) in [7, 11) is -2.40. The smallest absolute Gasteiger partial charge is 0.265 e. The fraction of sp³-hybridized carbons (Fsp3) is 0.105. The summed E-state index contributed by atoms with van der Waals surface area (Å²) in [5, 5.41) is 0. The van der Waals surface area contributed by atoms with Crippen LogP contribution in [0.5, 0.6) is 5.75 Å². The molecule has 1 heterocycles. The van der Waals surface area contributed by atoms with Crippen molar-refractivity contribution >= 4 is 31.6 Å². The molecule has 2 aromatic carbocycles. The Morgan fingerprint density at radius 1 is 1.08 bits per heavy atom. The predicted molar refractivity (Wildman–Crippen MR) is 106 cm³/mol. The van der Waals surface area contributed by atoms with Crippen molar-refractivity contribution in [1.29, 1.82) is 0 Å². The summed E-state index contributed by atoms with van der Waals surface area (Å²) >= 11 is 3.29. The van der Waals surface area contributed by atoms with E-state index < -0.39 is 10.0 Å². The van der Waals surface area contributed by atoms with Crippen molar-refractivity contribution < 1.29 is 13.2 Å². The number of nitrogens with one attached hydrogen (secondary N) is 1. The van der Waals surface area contributed by atoms with Crippen LogP contribution in [0.2, 0.25) is 0 Å². The number of hydrogen-bond acceptors (Lipinski definition) is 4. The molecule has 7 heteroatoms. The van der Waals surface area contributed by atoms with Gasteiger partial charge in [0, 0.05) is 16.2 Å². The SMILES string of the molecule is COc1ccc(Br)cc1S(=O)(=O)Nc1cncc(-c2ccccc2C)c1. The number of aromatic nitrogens is 1. The second-order valence-electron chi connectivity index (χ2n) is 5.68. The first-order chi connectivity index (χ1) is 12.4. The summed E-state index contributed by atoms with van der Waals surface area (Å²) < 4.78 is 34.0. The Bertz CT molecular complexity index is 1050. The second-order valence-corrected chi connectivity index (χ2v) is 8.24. The van der Waals surface area contributed by atoms with E-state index in [0.717, 1.165) is 16.7 Å². The molecule has 0 aliphatic carbocycles. The van der Waals surface area contributed by atoms with Gasteiger partial charge in [-0.25, -0.2) is 8.42 Å². The van der Waals surface area contributed by atoms with E-state index >= 15 is 0 Å². The molecule has 0 aliphatic rings. The molecule has 5 nitrogen and oxygen atoms in total. The summed E-state index contributed by atoms with van der Waals surface area (Å²) in [4.78, 5) is 4.22. The Morgan fingerprint density at radius 3 is 2.58 bits per heavy atom. The minimum atomic E-state index is -3.83. The molecule has 0 spiro atoms. The highest BCUT2D eigenvalue weighted by Gasteiger charge is 2.20. The number of halogens is 1. The standard InChI is InChI=1S/C19H17BrN2O3S/c1-13-5-3-4-6-17(13)14-9-16(12-21-11-14)22-26(23,24)19-10-15(20)7-8-18(19)25-2/h3-12,22H,1-2H3. The van der Waals surface area contributed by atoms with Crippen LogP contribution in [0.25, 0.3) is 11.1 Å². The molecule has 1 aromatic heterocycles. The van der Waals surface area contributed by atoms with Gasteiger partial charge in [-0.3, -0.25) is 9.71 Å². The number of nitrogens with zero attached hydrogens (tertiary/aromatic N) is 1. The van der Waals surface area contributed by atoms with Crippen LogP contribution in [0.15, 0.2) is 70.3 Å². The van der Waals surface area contributed by atoms with Gasteiger partial charge < -0.3 is 4.74 Å². The number of sulfonamides is 1. The Hall–Kier alpha value is -2.38. The lowest BCUT2D eigenvalue weighted by atomic mass is 10.0. The van der Waals surface area contributed by atoms with Gasteiger partial charge in [-0.05, 0) is 42.3 Å². The van der Waals surface area contributed by atoms with E-state index in [0.29, 0.717) is 10.2 Å². The maximum absolute atomic E-state index is 12.8. The minimum Gasteiger partial charge on any atom is -0.495 e. The number of aryl methyl sites for hydroxylation is 1. The molecule has 0 atom stereocenters. The fourth-order valence-electron chi connectivity index (χ4n) is 2.61. The highest BCUT2D eigenvalue weighted by Crippen LogP contribution is 2.30. The third-order valence-electron chi connectivity index (χ3n) is 3.86. The van der Waals surface area contributed by atoms with Crippen LogP contribution < -0.4 is 9.46 Å². The van der Waals surface area contributed by atoms with Crippen molar-refractivity contribution in [3.63, 3.8) is 0 Å². The predicted octanol–water partition coefficient (Wildman–Crippen LogP) is 4.63. The van der Waals surface area contributed by atoms with Crippen LogP contribution in [-0.4, -0.2) is 20.5 Å². The molecule has 0 amide bonds. The second kappa shape index (κ2) is 7.47. The molecule has 0 saturated heterocycles. The Kier molecular flexibility index (Phi) is 5.29. The van der Waals surface area contributed by atoms with Gasteiger partial charge in [-0.15, -0.1) is 0 Å². The first-order valence-electron chi connectivity index (χ1n) is 7.78. The van der Waals surface area contributed by atoms with Crippen molar-refractivity contribution in [3.8, 4) is 16.9 Å². The van der Waals surface area contributed by atoms with Crippen molar-refractivity contribution in [1.82, 2.24) is 4.98 Å². The molecular weight excluding hydrogens is 416 g/mol. The highest BCUT2D eigenvalue weighted by molar-refractivity contribution is 9.10.